The van der Waals surface area contributed by atoms with Crippen LogP contribution in [0.15, 0.2) is 42.7 Å². The van der Waals surface area contributed by atoms with Gasteiger partial charge in [-0.25, -0.2) is 8.78 Å². The fourth-order valence-electron chi connectivity index (χ4n) is 5.18. The number of nitrogens with one attached hydrogen (secondary N) is 1. The Bertz CT molecular complexity index is 1270. The minimum Gasteiger partial charge on any atom is -0.320 e. The van der Waals surface area contributed by atoms with Gasteiger partial charge in [0.1, 0.15) is 12.2 Å². The third-order valence-corrected chi connectivity index (χ3v) is 7.88. The third-order valence-electron chi connectivity index (χ3n) is 7.54. The van der Waals surface area contributed by atoms with E-state index in [9.17, 15) is 13.6 Å². The van der Waals surface area contributed by atoms with Gasteiger partial charge < -0.3 is 14.8 Å². The molecule has 1 atom stereocenters. The summed E-state index contributed by atoms with van der Waals surface area (Å²) in [6.45, 7) is 3.25. The number of halogens is 3. The molecule has 0 spiro atoms. The Labute approximate surface area is 214 Å². The highest BCUT2D eigenvalue weighted by atomic mass is 35.5. The zero-order valence-corrected chi connectivity index (χ0v) is 21.2. The summed E-state index contributed by atoms with van der Waals surface area (Å²) in [7, 11) is 1.80. The first-order valence-corrected chi connectivity index (χ1v) is 12.7. The molecular weight excluding hydrogens is 484 g/mol. The van der Waals surface area contributed by atoms with Crippen molar-refractivity contribution in [3.8, 4) is 0 Å². The normalized spacial score (nSPS) is 17.4. The molecule has 1 fully saturated rings. The Morgan fingerprint density at radius 1 is 1.19 bits per heavy atom. The Morgan fingerprint density at radius 3 is 2.67 bits per heavy atom. The van der Waals surface area contributed by atoms with Gasteiger partial charge in [0.2, 0.25) is 6.43 Å². The molecule has 1 amide bonds. The SMILES string of the molecule is Cn1cnnc1[C@H](CCC(F)F)c1cccc(N2Cc3c(Cl)cc(CNC4(C)CCC4)cc3C2=O)c1. The van der Waals surface area contributed by atoms with Crippen molar-refractivity contribution in [2.45, 2.75) is 70.0 Å². The molecule has 190 valence electrons. The fourth-order valence-corrected chi connectivity index (χ4v) is 5.49. The minimum atomic E-state index is -2.41. The van der Waals surface area contributed by atoms with Crippen LogP contribution >= 0.6 is 11.6 Å². The number of aryl methyl sites for hydroxylation is 1. The number of hydrogen-bond acceptors (Lipinski definition) is 4. The monoisotopic (exact) mass is 513 g/mol. The average molecular weight is 514 g/mol. The quantitative estimate of drug-likeness (QED) is 0.390. The van der Waals surface area contributed by atoms with Gasteiger partial charge in [-0.2, -0.15) is 0 Å². The highest BCUT2D eigenvalue weighted by Gasteiger charge is 2.33. The van der Waals surface area contributed by atoms with Crippen molar-refractivity contribution >= 4 is 23.2 Å². The number of fused-ring (bicyclic) bond motifs is 1. The summed E-state index contributed by atoms with van der Waals surface area (Å²) in [5.74, 6) is 0.147. The minimum absolute atomic E-state index is 0.108. The molecular formula is C27H30ClF2N5O. The van der Waals surface area contributed by atoms with Crippen LogP contribution in [0.2, 0.25) is 5.02 Å². The highest BCUT2D eigenvalue weighted by Crippen LogP contribution is 2.37. The van der Waals surface area contributed by atoms with E-state index in [0.717, 1.165) is 29.5 Å². The van der Waals surface area contributed by atoms with Crippen LogP contribution in [0.25, 0.3) is 0 Å². The van der Waals surface area contributed by atoms with Crippen molar-refractivity contribution in [3.05, 3.63) is 75.8 Å². The molecule has 0 radical (unpaired) electrons. The summed E-state index contributed by atoms with van der Waals surface area (Å²) in [5.41, 5.74) is 4.10. The van der Waals surface area contributed by atoms with Gasteiger partial charge in [-0.15, -0.1) is 10.2 Å². The first kappa shape index (κ1) is 24.8. The van der Waals surface area contributed by atoms with Crippen LogP contribution in [0.5, 0.6) is 0 Å². The van der Waals surface area contributed by atoms with Crippen molar-refractivity contribution in [2.75, 3.05) is 4.90 Å². The first-order valence-electron chi connectivity index (χ1n) is 12.3. The molecule has 6 nitrogen and oxygen atoms in total. The highest BCUT2D eigenvalue weighted by molar-refractivity contribution is 6.32. The van der Waals surface area contributed by atoms with Gasteiger partial charge >= 0.3 is 0 Å². The first-order chi connectivity index (χ1) is 17.2. The van der Waals surface area contributed by atoms with E-state index in [1.807, 2.05) is 36.4 Å². The molecule has 2 aliphatic rings. The van der Waals surface area contributed by atoms with E-state index >= 15 is 0 Å². The van der Waals surface area contributed by atoms with Crippen LogP contribution in [0, 0.1) is 0 Å². The molecule has 9 heteroatoms. The molecule has 1 aromatic heterocycles. The van der Waals surface area contributed by atoms with E-state index in [2.05, 4.69) is 22.4 Å². The third kappa shape index (κ3) is 4.89. The number of anilines is 1. The van der Waals surface area contributed by atoms with Gasteiger partial charge in [0.15, 0.2) is 0 Å². The number of benzene rings is 2. The van der Waals surface area contributed by atoms with Crippen molar-refractivity contribution < 1.29 is 13.6 Å². The van der Waals surface area contributed by atoms with Crippen LogP contribution in [0.1, 0.15) is 77.8 Å². The predicted molar refractivity (Wildman–Crippen MR) is 136 cm³/mol. The van der Waals surface area contributed by atoms with Gasteiger partial charge in [-0.1, -0.05) is 23.7 Å². The lowest BCUT2D eigenvalue weighted by atomic mass is 9.78. The van der Waals surface area contributed by atoms with Crippen molar-refractivity contribution in [3.63, 3.8) is 0 Å². The largest absolute Gasteiger partial charge is 0.320 e. The Morgan fingerprint density at radius 2 is 2.00 bits per heavy atom. The summed E-state index contributed by atoms with van der Waals surface area (Å²) in [5, 5.41) is 12.3. The van der Waals surface area contributed by atoms with Gasteiger partial charge in [0, 0.05) is 53.3 Å². The summed E-state index contributed by atoms with van der Waals surface area (Å²) in [6.07, 6.45) is 2.68. The second-order valence-corrected chi connectivity index (χ2v) is 10.6. The average Bonchev–Trinajstić information content (AvgIpc) is 3.40. The van der Waals surface area contributed by atoms with E-state index in [4.69, 9.17) is 11.6 Å². The van der Waals surface area contributed by atoms with Crippen LogP contribution in [0.3, 0.4) is 0 Å². The molecule has 0 saturated heterocycles. The number of amides is 1. The molecule has 2 heterocycles. The van der Waals surface area contributed by atoms with Gasteiger partial charge in [-0.3, -0.25) is 4.79 Å². The van der Waals surface area contributed by atoms with Crippen LogP contribution in [-0.4, -0.2) is 32.6 Å². The number of rotatable bonds is 9. The number of nitrogens with zero attached hydrogens (tertiary/aromatic N) is 4. The van der Waals surface area contributed by atoms with E-state index in [-0.39, 0.29) is 30.2 Å². The van der Waals surface area contributed by atoms with Crippen molar-refractivity contribution in [1.82, 2.24) is 20.1 Å². The smallest absolute Gasteiger partial charge is 0.258 e. The van der Waals surface area contributed by atoms with Crippen LogP contribution < -0.4 is 10.2 Å². The molecule has 3 aromatic rings. The maximum absolute atomic E-state index is 13.5. The maximum Gasteiger partial charge on any atom is 0.258 e. The summed E-state index contributed by atoms with van der Waals surface area (Å²) < 4.78 is 27.9. The number of alkyl halides is 2. The maximum atomic E-state index is 13.5. The number of carbonyl (C=O) groups is 1. The summed E-state index contributed by atoms with van der Waals surface area (Å²) >= 11 is 6.63. The molecule has 1 N–H and O–H groups in total. The Hall–Kier alpha value is -2.84. The van der Waals surface area contributed by atoms with Gasteiger partial charge in [-0.05, 0) is 68.0 Å². The lowest BCUT2D eigenvalue weighted by Crippen LogP contribution is -2.47. The zero-order valence-electron chi connectivity index (χ0n) is 20.5. The number of carbonyl (C=O) groups excluding carboxylic acids is 1. The second kappa shape index (κ2) is 9.90. The molecule has 0 bridgehead atoms. The predicted octanol–water partition coefficient (Wildman–Crippen LogP) is 5.84. The van der Waals surface area contributed by atoms with Crippen molar-refractivity contribution in [2.24, 2.45) is 7.05 Å². The lowest BCUT2D eigenvalue weighted by molar-refractivity contribution is 0.0996. The summed E-state index contributed by atoms with van der Waals surface area (Å²) in [6, 6.07) is 11.4. The van der Waals surface area contributed by atoms with Gasteiger partial charge in [0.05, 0.1) is 6.54 Å². The van der Waals surface area contributed by atoms with E-state index in [0.29, 0.717) is 35.2 Å². The topological polar surface area (TPSA) is 63.1 Å². The molecule has 36 heavy (non-hydrogen) atoms. The number of aromatic nitrogens is 3. The number of hydrogen-bond donors (Lipinski definition) is 1. The standard InChI is InChI=1S/C27H30ClF2N5O/c1-27(9-4-10-27)31-14-17-11-21-22(23(28)12-17)15-35(26(21)36)19-6-3-5-18(13-19)20(7-8-24(29)30)25-33-32-16-34(25)2/h3,5-6,11-13,16,20,24,31H,4,7-10,14-15H2,1-2H3/t20-/m1/s1. The molecule has 1 aliphatic carbocycles. The Kier molecular flexibility index (Phi) is 6.83. The van der Waals surface area contributed by atoms with Crippen LogP contribution in [0.4, 0.5) is 14.5 Å². The zero-order chi connectivity index (χ0) is 25.4. The molecule has 1 aliphatic heterocycles. The van der Waals surface area contributed by atoms with E-state index in [1.54, 1.807) is 22.8 Å². The van der Waals surface area contributed by atoms with Crippen molar-refractivity contribution in [1.29, 1.82) is 0 Å². The van der Waals surface area contributed by atoms with Gasteiger partial charge in [0.25, 0.3) is 5.91 Å². The molecule has 0 unspecified atom stereocenters. The Balaban J connectivity index is 1.40. The second-order valence-electron chi connectivity index (χ2n) is 10.2. The van der Waals surface area contributed by atoms with E-state index in [1.165, 1.54) is 6.42 Å². The lowest BCUT2D eigenvalue weighted by Gasteiger charge is -2.39. The van der Waals surface area contributed by atoms with E-state index < -0.39 is 6.43 Å². The molecule has 5 rings (SSSR count). The molecule has 1 saturated carbocycles. The fraction of sp³-hybridized carbons (Fsp3) is 0.444. The molecule has 2 aromatic carbocycles. The summed E-state index contributed by atoms with van der Waals surface area (Å²) in [4.78, 5) is 15.2. The van der Waals surface area contributed by atoms with Crippen LogP contribution in [-0.2, 0) is 20.1 Å².